The maximum Gasteiger partial charge on any atom is 0.306 e. The molecular formula is C18H21N3O4S2. The molecule has 7 nitrogen and oxygen atoms in total. The molecule has 0 N–H and O–H groups in total. The molecule has 2 aromatic rings. The molecule has 0 saturated heterocycles. The largest absolute Gasteiger partial charge is 0.469 e. The van der Waals surface area contributed by atoms with Crippen LogP contribution in [-0.4, -0.2) is 40.6 Å². The number of thiazole rings is 1. The van der Waals surface area contributed by atoms with Gasteiger partial charge in [-0.25, -0.2) is 9.88 Å². The van der Waals surface area contributed by atoms with Crippen LogP contribution in [0.25, 0.3) is 10.6 Å². The molecule has 0 fully saturated rings. The molecule has 0 aromatic carbocycles. The van der Waals surface area contributed by atoms with Gasteiger partial charge in [-0.3, -0.25) is 19.4 Å². The van der Waals surface area contributed by atoms with Crippen LogP contribution in [0.15, 0.2) is 24.5 Å². The van der Waals surface area contributed by atoms with E-state index in [1.807, 2.05) is 6.07 Å². The molecule has 0 bridgehead atoms. The predicted molar refractivity (Wildman–Crippen MR) is 107 cm³/mol. The number of anilines is 1. The van der Waals surface area contributed by atoms with Crippen molar-refractivity contribution in [2.24, 2.45) is 5.92 Å². The molecule has 1 unspecified atom stereocenters. The van der Waals surface area contributed by atoms with Gasteiger partial charge in [-0.05, 0) is 19.1 Å². The molecule has 0 radical (unpaired) electrons. The van der Waals surface area contributed by atoms with Gasteiger partial charge in [-0.15, -0.1) is 0 Å². The van der Waals surface area contributed by atoms with Gasteiger partial charge in [0.05, 0.1) is 19.2 Å². The third kappa shape index (κ3) is 5.14. The molecule has 2 rings (SSSR count). The van der Waals surface area contributed by atoms with E-state index in [1.165, 1.54) is 18.4 Å². The van der Waals surface area contributed by atoms with E-state index in [2.05, 4.69) is 27.3 Å². The number of esters is 1. The number of aromatic nitrogens is 2. The van der Waals surface area contributed by atoms with Crippen molar-refractivity contribution in [3.8, 4) is 10.6 Å². The Kier molecular flexibility index (Phi) is 7.49. The number of rotatable bonds is 7. The van der Waals surface area contributed by atoms with Gasteiger partial charge in [-0.2, -0.15) is 12.6 Å². The number of aryl methyl sites for hydroxylation is 1. The molecule has 2 amide bonds. The predicted octanol–water partition coefficient (Wildman–Crippen LogP) is 2.89. The number of carbonyl (C=O) groups excluding carboxylic acids is 3. The second-order valence-electron chi connectivity index (χ2n) is 5.88. The molecule has 0 aliphatic rings. The number of hydrogen-bond donors (Lipinski definition) is 1. The Morgan fingerprint density at radius 1 is 1.33 bits per heavy atom. The summed E-state index contributed by atoms with van der Waals surface area (Å²) in [7, 11) is 1.26. The van der Waals surface area contributed by atoms with E-state index >= 15 is 0 Å². The highest BCUT2D eigenvalue weighted by atomic mass is 32.1. The lowest BCUT2D eigenvalue weighted by Crippen LogP contribution is -2.41. The maximum atomic E-state index is 12.8. The lowest BCUT2D eigenvalue weighted by atomic mass is 10.1. The van der Waals surface area contributed by atoms with Crippen LogP contribution in [0.5, 0.6) is 0 Å². The van der Waals surface area contributed by atoms with Crippen molar-refractivity contribution in [3.63, 3.8) is 0 Å². The highest BCUT2D eigenvalue weighted by Gasteiger charge is 2.30. The van der Waals surface area contributed by atoms with E-state index in [0.29, 0.717) is 21.5 Å². The Hall–Kier alpha value is -2.26. The number of pyridine rings is 1. The summed E-state index contributed by atoms with van der Waals surface area (Å²) >= 11 is 5.40. The summed E-state index contributed by atoms with van der Waals surface area (Å²) < 4.78 is 4.58. The Morgan fingerprint density at radius 2 is 2.07 bits per heavy atom. The summed E-state index contributed by atoms with van der Waals surface area (Å²) in [5.41, 5.74) is 1.36. The van der Waals surface area contributed by atoms with Gasteiger partial charge in [0.15, 0.2) is 0 Å². The number of carbonyl (C=O) groups is 3. The normalized spacial score (nSPS) is 11.7. The first-order chi connectivity index (χ1) is 12.9. The summed E-state index contributed by atoms with van der Waals surface area (Å²) in [5, 5.41) is 1.11. The number of nitrogens with zero attached hydrogens (tertiary/aromatic N) is 3. The quantitative estimate of drug-likeness (QED) is 0.561. The SMILES string of the molecule is COC(=O)CCC(=O)N(C(=O)C(C)CS)c1sc(-c2cccnc2)nc1C. The number of hydrogen-bond acceptors (Lipinski definition) is 8. The van der Waals surface area contributed by atoms with Crippen LogP contribution in [0.3, 0.4) is 0 Å². The van der Waals surface area contributed by atoms with Gasteiger partial charge < -0.3 is 4.74 Å². The van der Waals surface area contributed by atoms with Crippen molar-refractivity contribution in [2.75, 3.05) is 17.8 Å². The zero-order valence-electron chi connectivity index (χ0n) is 15.3. The summed E-state index contributed by atoms with van der Waals surface area (Å²) in [5.74, 6) is -1.51. The molecule has 0 aliphatic carbocycles. The molecule has 9 heteroatoms. The van der Waals surface area contributed by atoms with Gasteiger partial charge in [0.25, 0.3) is 0 Å². The van der Waals surface area contributed by atoms with Crippen molar-refractivity contribution < 1.29 is 19.1 Å². The molecule has 0 spiro atoms. The molecule has 144 valence electrons. The monoisotopic (exact) mass is 407 g/mol. The Morgan fingerprint density at radius 3 is 2.67 bits per heavy atom. The van der Waals surface area contributed by atoms with Crippen LogP contribution in [-0.2, 0) is 19.1 Å². The van der Waals surface area contributed by atoms with Crippen molar-refractivity contribution in [2.45, 2.75) is 26.7 Å². The third-order valence-electron chi connectivity index (χ3n) is 3.82. The third-order valence-corrected chi connectivity index (χ3v) is 5.56. The summed E-state index contributed by atoms with van der Waals surface area (Å²) in [6, 6.07) is 3.65. The zero-order chi connectivity index (χ0) is 20.0. The van der Waals surface area contributed by atoms with Gasteiger partial charge in [0.2, 0.25) is 11.8 Å². The average molecular weight is 408 g/mol. The fourth-order valence-electron chi connectivity index (χ4n) is 2.27. The fraction of sp³-hybridized carbons (Fsp3) is 0.389. The average Bonchev–Trinajstić information content (AvgIpc) is 3.07. The molecule has 0 saturated carbocycles. The first-order valence-electron chi connectivity index (χ1n) is 8.31. The number of ether oxygens (including phenoxy) is 1. The number of imide groups is 1. The van der Waals surface area contributed by atoms with E-state index in [0.717, 1.165) is 10.5 Å². The van der Waals surface area contributed by atoms with Crippen molar-refractivity contribution in [3.05, 3.63) is 30.2 Å². The van der Waals surface area contributed by atoms with Crippen LogP contribution in [0.4, 0.5) is 5.00 Å². The standard InChI is InChI=1S/C18H21N3O4S2/c1-11(10-26)17(24)21(14(22)6-7-15(23)25-3)18-12(2)20-16(27-18)13-5-4-8-19-9-13/h4-5,8-9,11,26H,6-7,10H2,1-3H3. The minimum absolute atomic E-state index is 0.0956. The summed E-state index contributed by atoms with van der Waals surface area (Å²) in [6.07, 6.45) is 3.11. The maximum absolute atomic E-state index is 12.8. The first-order valence-corrected chi connectivity index (χ1v) is 9.76. The van der Waals surface area contributed by atoms with E-state index in [-0.39, 0.29) is 18.7 Å². The van der Waals surface area contributed by atoms with Crippen LogP contribution in [0.1, 0.15) is 25.5 Å². The minimum atomic E-state index is -0.505. The van der Waals surface area contributed by atoms with Crippen molar-refractivity contribution in [1.29, 1.82) is 0 Å². The second-order valence-corrected chi connectivity index (χ2v) is 7.22. The highest BCUT2D eigenvalue weighted by Crippen LogP contribution is 2.35. The van der Waals surface area contributed by atoms with Gasteiger partial charge >= 0.3 is 5.97 Å². The van der Waals surface area contributed by atoms with E-state index in [9.17, 15) is 14.4 Å². The zero-order valence-corrected chi connectivity index (χ0v) is 17.0. The molecule has 27 heavy (non-hydrogen) atoms. The van der Waals surface area contributed by atoms with Crippen LogP contribution < -0.4 is 4.90 Å². The highest BCUT2D eigenvalue weighted by molar-refractivity contribution is 7.80. The fourth-order valence-corrected chi connectivity index (χ4v) is 3.50. The number of methoxy groups -OCH3 is 1. The lowest BCUT2D eigenvalue weighted by Gasteiger charge is -2.22. The Labute approximate surface area is 167 Å². The van der Waals surface area contributed by atoms with Crippen LogP contribution in [0.2, 0.25) is 0 Å². The molecule has 0 aliphatic heterocycles. The van der Waals surface area contributed by atoms with Gasteiger partial charge in [0, 0.05) is 36.0 Å². The topological polar surface area (TPSA) is 89.5 Å². The molecule has 2 heterocycles. The van der Waals surface area contributed by atoms with Gasteiger partial charge in [-0.1, -0.05) is 18.3 Å². The summed E-state index contributed by atoms with van der Waals surface area (Å²) in [4.78, 5) is 46.7. The number of amides is 2. The van der Waals surface area contributed by atoms with Crippen LogP contribution in [0, 0.1) is 12.8 Å². The summed E-state index contributed by atoms with van der Waals surface area (Å²) in [6.45, 7) is 3.44. The molecule has 2 aromatic heterocycles. The second kappa shape index (κ2) is 9.61. The minimum Gasteiger partial charge on any atom is -0.469 e. The van der Waals surface area contributed by atoms with Crippen LogP contribution >= 0.6 is 24.0 Å². The Balaban J connectivity index is 2.38. The van der Waals surface area contributed by atoms with Crippen molar-refractivity contribution in [1.82, 2.24) is 9.97 Å². The molecule has 1 atom stereocenters. The first kappa shape index (κ1) is 21.0. The lowest BCUT2D eigenvalue weighted by molar-refractivity contribution is -0.142. The van der Waals surface area contributed by atoms with E-state index in [1.54, 1.807) is 32.3 Å². The van der Waals surface area contributed by atoms with Crippen molar-refractivity contribution >= 4 is 46.8 Å². The van der Waals surface area contributed by atoms with Gasteiger partial charge in [0.1, 0.15) is 10.0 Å². The number of thiol groups is 1. The Bertz CT molecular complexity index is 823. The molecular weight excluding hydrogens is 386 g/mol. The van der Waals surface area contributed by atoms with E-state index < -0.39 is 17.8 Å². The smallest absolute Gasteiger partial charge is 0.306 e. The van der Waals surface area contributed by atoms with E-state index in [4.69, 9.17) is 0 Å².